The summed E-state index contributed by atoms with van der Waals surface area (Å²) in [6.07, 6.45) is 50.7. The maximum atomic E-state index is 10.7. The zero-order chi connectivity index (χ0) is 63.2. The van der Waals surface area contributed by atoms with E-state index in [0.717, 1.165) is 166 Å². The van der Waals surface area contributed by atoms with Crippen molar-refractivity contribution in [2.75, 3.05) is 6.61 Å². The van der Waals surface area contributed by atoms with Crippen LogP contribution in [0.25, 0.3) is 0 Å². The second-order valence-corrected chi connectivity index (χ2v) is 27.8. The van der Waals surface area contributed by atoms with Crippen LogP contribution in [0.3, 0.4) is 0 Å². The van der Waals surface area contributed by atoms with Crippen LogP contribution in [0, 0.1) is 101 Å². The van der Waals surface area contributed by atoms with Gasteiger partial charge in [-0.15, -0.1) is 0 Å². The van der Waals surface area contributed by atoms with E-state index in [0.29, 0.717) is 17.8 Å². The van der Waals surface area contributed by atoms with E-state index in [1.165, 1.54) is 72.1 Å². The van der Waals surface area contributed by atoms with E-state index in [1.54, 1.807) is 0 Å². The summed E-state index contributed by atoms with van der Waals surface area (Å²) >= 11 is 0. The molecule has 85 heavy (non-hydrogen) atoms. The van der Waals surface area contributed by atoms with E-state index < -0.39 is 0 Å². The number of ether oxygens (including phenoxy) is 3. The number of hydrogen-bond acceptors (Lipinski definition) is 10. The Labute approximate surface area is 520 Å². The minimum absolute atomic E-state index is 0.00458. The Morgan fingerprint density at radius 1 is 0.400 bits per heavy atom. The molecule has 0 saturated heterocycles. The van der Waals surface area contributed by atoms with Gasteiger partial charge in [-0.1, -0.05) is 182 Å². The van der Waals surface area contributed by atoms with E-state index in [2.05, 4.69) is 156 Å². The van der Waals surface area contributed by atoms with Crippen molar-refractivity contribution in [3.63, 3.8) is 0 Å². The highest BCUT2D eigenvalue weighted by molar-refractivity contribution is 5.66. The number of rotatable bonds is 10. The van der Waals surface area contributed by atoms with Gasteiger partial charge in [0, 0.05) is 33.3 Å². The molecular formula is C75H128O10. The minimum atomic E-state index is -0.217. The average Bonchev–Trinajstić information content (AvgIpc) is 4.44. The lowest BCUT2D eigenvalue weighted by molar-refractivity contribution is -0.147. The van der Waals surface area contributed by atoms with Gasteiger partial charge in [-0.2, -0.15) is 0 Å². The predicted octanol–water partition coefficient (Wildman–Crippen LogP) is 17.1. The fourth-order valence-corrected chi connectivity index (χ4v) is 15.8. The first-order valence-corrected chi connectivity index (χ1v) is 34.7. The van der Waals surface area contributed by atoms with Crippen LogP contribution in [0.4, 0.5) is 0 Å². The molecular weight excluding hydrogens is 1060 g/mol. The second kappa shape index (κ2) is 41.1. The summed E-state index contributed by atoms with van der Waals surface area (Å²) < 4.78 is 15.4. The van der Waals surface area contributed by atoms with Gasteiger partial charge in [-0.05, 0) is 204 Å². The molecule has 6 saturated carbocycles. The fraction of sp³-hybridized carbons (Fsp3) is 0.800. The van der Waals surface area contributed by atoms with Gasteiger partial charge in [0.25, 0.3) is 0 Å². The first-order valence-electron chi connectivity index (χ1n) is 34.7. The van der Waals surface area contributed by atoms with Crippen molar-refractivity contribution in [3.8, 4) is 0 Å². The summed E-state index contributed by atoms with van der Waals surface area (Å²) in [6.45, 7) is 31.2. The zero-order valence-electron chi connectivity index (χ0n) is 56.5. The Morgan fingerprint density at radius 2 is 0.788 bits per heavy atom. The Morgan fingerprint density at radius 3 is 1.06 bits per heavy atom. The number of esters is 3. The number of hydrogen-bond donors (Lipinski definition) is 4. The molecule has 11 aliphatic rings. The van der Waals surface area contributed by atoms with Crippen LogP contribution < -0.4 is 0 Å². The van der Waals surface area contributed by atoms with Gasteiger partial charge in [-0.25, -0.2) is 0 Å². The lowest BCUT2D eigenvalue weighted by Crippen LogP contribution is -2.13. The summed E-state index contributed by atoms with van der Waals surface area (Å²) in [5.74, 6) is 12.4. The molecule has 0 heterocycles. The van der Waals surface area contributed by atoms with Crippen molar-refractivity contribution >= 4 is 17.9 Å². The number of fused-ring (bicyclic) bond motifs is 5. The topological polar surface area (TPSA) is 160 Å². The standard InChI is InChI=1S/2C10H18O2.C10H12.C9H16O3.2C8H16O.C8H14.C7H12O.C5H6/c2*1-4-9-6-10(5-7(9)2)12-8(3)11;1-2-9-7-4-5-8(6-7)10(9)3-1;1-6-3-9(12-7(2)11)4-8(6)5-10;2*1-3-7-5-8(9)4-6(7)2;1-3-8-6-4-5-7(8)2;1-2-6-4-3-5-7(6)8;1-2-4-5-3-1/h2*7,9-10H,4-6H2,1-3H3;1-2,4-5,7-10H,3,6H2;6,8-10H,3-5H2,1-2H3;2*6-9H,3-5H2,1-2H3;4,6-8H,3,5H2,1-2H3;3-4,6-8H,2,5H2,1H3;1-4H,5H2/t2*7-,9-,10-;;6-,8+,9-;2*6-,7-,8-;7-,8-;6-,7-;/m00.00000./s1. The van der Waals surface area contributed by atoms with Crippen molar-refractivity contribution in [2.45, 2.75) is 275 Å². The van der Waals surface area contributed by atoms with Crippen molar-refractivity contribution < 1.29 is 49.0 Å². The lowest BCUT2D eigenvalue weighted by Gasteiger charge is -2.18. The third-order valence-electron chi connectivity index (χ3n) is 21.3. The van der Waals surface area contributed by atoms with Gasteiger partial charge in [0.1, 0.15) is 18.3 Å². The molecule has 0 aromatic heterocycles. The monoisotopic (exact) mass is 1190 g/mol. The van der Waals surface area contributed by atoms with Gasteiger partial charge >= 0.3 is 17.9 Å². The van der Waals surface area contributed by atoms with Crippen molar-refractivity contribution in [2.24, 2.45) is 101 Å². The highest BCUT2D eigenvalue weighted by atomic mass is 16.6. The molecule has 0 amide bonds. The summed E-state index contributed by atoms with van der Waals surface area (Å²) in [6, 6.07) is 0. The highest BCUT2D eigenvalue weighted by Gasteiger charge is 2.44. The highest BCUT2D eigenvalue weighted by Crippen LogP contribution is 2.52. The quantitative estimate of drug-likeness (QED) is 0.0942. The molecule has 11 aliphatic carbocycles. The van der Waals surface area contributed by atoms with E-state index in [-0.39, 0.29) is 61.1 Å². The molecule has 4 N–H and O–H groups in total. The fourth-order valence-electron chi connectivity index (χ4n) is 15.8. The van der Waals surface area contributed by atoms with Gasteiger partial charge in [0.2, 0.25) is 0 Å². The Kier molecular flexibility index (Phi) is 36.7. The predicted molar refractivity (Wildman–Crippen MR) is 351 cm³/mol. The molecule has 11 rings (SSSR count). The number of carbonyl (C=O) groups excluding carboxylic acids is 3. The smallest absolute Gasteiger partial charge is 0.302 e. The van der Waals surface area contributed by atoms with Crippen molar-refractivity contribution in [3.05, 3.63) is 72.9 Å². The molecule has 0 aromatic carbocycles. The summed E-state index contributed by atoms with van der Waals surface area (Å²) in [4.78, 5) is 32.0. The average molecular weight is 1190 g/mol. The van der Waals surface area contributed by atoms with Crippen LogP contribution in [0.5, 0.6) is 0 Å². The number of aliphatic hydroxyl groups is 4. The number of allylic oxidation sites excluding steroid dienone is 10. The molecule has 4 unspecified atom stereocenters. The largest absolute Gasteiger partial charge is 0.463 e. The van der Waals surface area contributed by atoms with Crippen LogP contribution in [0.1, 0.15) is 239 Å². The number of aliphatic hydroxyl groups excluding tert-OH is 4. The normalized spacial score (nSPS) is 38.4. The van der Waals surface area contributed by atoms with E-state index >= 15 is 0 Å². The molecule has 0 aliphatic heterocycles. The Balaban J connectivity index is 0.000000252. The van der Waals surface area contributed by atoms with Crippen LogP contribution in [-0.2, 0) is 28.6 Å². The zero-order valence-corrected chi connectivity index (χ0v) is 56.5. The van der Waals surface area contributed by atoms with Gasteiger partial charge in [-0.3, -0.25) is 14.4 Å². The number of carbonyl (C=O) groups is 3. The maximum absolute atomic E-state index is 10.7. The minimum Gasteiger partial charge on any atom is -0.463 e. The third kappa shape index (κ3) is 27.5. The van der Waals surface area contributed by atoms with Crippen molar-refractivity contribution in [1.29, 1.82) is 0 Å². The summed E-state index contributed by atoms with van der Waals surface area (Å²) in [7, 11) is 0. The first-order chi connectivity index (χ1) is 40.5. The van der Waals surface area contributed by atoms with E-state index in [9.17, 15) is 24.6 Å². The third-order valence-corrected chi connectivity index (χ3v) is 21.3. The molecule has 6 fully saturated rings. The molecule has 10 nitrogen and oxygen atoms in total. The summed E-state index contributed by atoms with van der Waals surface area (Å²) in [5, 5.41) is 36.5. The lowest BCUT2D eigenvalue weighted by atomic mass is 9.86. The molecule has 0 radical (unpaired) electrons. The first kappa shape index (κ1) is 75.9. The van der Waals surface area contributed by atoms with Crippen LogP contribution in [0.15, 0.2) is 72.9 Å². The van der Waals surface area contributed by atoms with Gasteiger partial charge in [0.05, 0.1) is 18.3 Å². The second-order valence-electron chi connectivity index (χ2n) is 27.8. The molecule has 10 heteroatoms. The molecule has 0 aromatic rings. The Hall–Kier alpha value is -3.31. The SMILES string of the molecule is C1=CC2C3C=CC(C3)C2C1.C1=CCC=C1.CC(=O)O[C@@H]1C[C@H](CO)[C@@H](C)C1.CC[C@H]1C=CC[C@@H]1C.CC[C@H]1C=CC[C@@H]1O.CC[C@H]1C[C@@H](O)C[C@@H]1C.CC[C@H]1C[C@@H](O)C[C@@H]1C.CC[C@H]1C[C@@H](OC(C)=O)C[C@@H]1C.CC[C@H]1C[C@@H](OC(C)=O)C[C@@H]1C. The summed E-state index contributed by atoms with van der Waals surface area (Å²) in [5.41, 5.74) is 0. The van der Waals surface area contributed by atoms with Gasteiger partial charge < -0.3 is 34.6 Å². The van der Waals surface area contributed by atoms with Gasteiger partial charge in [0.15, 0.2) is 0 Å². The Bertz CT molecular complexity index is 1890. The van der Waals surface area contributed by atoms with E-state index in [4.69, 9.17) is 24.4 Å². The van der Waals surface area contributed by atoms with E-state index in [1.807, 2.05) is 0 Å². The molecule has 0 spiro atoms. The van der Waals surface area contributed by atoms with Crippen LogP contribution in [0.2, 0.25) is 0 Å². The van der Waals surface area contributed by atoms with Crippen molar-refractivity contribution in [1.82, 2.24) is 0 Å². The molecule has 488 valence electrons. The van der Waals surface area contributed by atoms with Crippen LogP contribution >= 0.6 is 0 Å². The maximum Gasteiger partial charge on any atom is 0.302 e. The van der Waals surface area contributed by atoms with Crippen LogP contribution in [-0.4, -0.2) is 81.6 Å². The molecule has 2 bridgehead atoms. The molecule has 23 atom stereocenters.